The summed E-state index contributed by atoms with van der Waals surface area (Å²) in [6.07, 6.45) is 4.05. The van der Waals surface area contributed by atoms with Crippen molar-refractivity contribution < 1.29 is 9.84 Å². The minimum Gasteiger partial charge on any atom is -0.394 e. The Labute approximate surface area is 158 Å². The van der Waals surface area contributed by atoms with Gasteiger partial charge in [0, 0.05) is 41.2 Å². The van der Waals surface area contributed by atoms with Crippen LogP contribution in [0.5, 0.6) is 0 Å². The standard InChI is InChI=1S/C21H24N2O2S/c24-13-15-25-14-12-23-10-7-16(8-11-23)20-17-4-1-2-5-18(17)26-19-6-3-9-22-21(19)20/h1-6,9,24H,7-8,10-15H2. The van der Waals surface area contributed by atoms with E-state index in [4.69, 9.17) is 14.8 Å². The molecule has 5 heteroatoms. The van der Waals surface area contributed by atoms with Gasteiger partial charge in [-0.25, -0.2) is 0 Å². The predicted octanol–water partition coefficient (Wildman–Crippen LogP) is 3.45. The van der Waals surface area contributed by atoms with Crippen molar-refractivity contribution in [3.05, 3.63) is 59.4 Å². The molecule has 26 heavy (non-hydrogen) atoms. The van der Waals surface area contributed by atoms with Gasteiger partial charge in [0.05, 0.1) is 25.5 Å². The number of hydrogen-bond donors (Lipinski definition) is 1. The maximum Gasteiger partial charge on any atom is 0.0847 e. The van der Waals surface area contributed by atoms with Crippen LogP contribution in [0.15, 0.2) is 58.0 Å². The Bertz CT molecular complexity index is 749. The quantitative estimate of drug-likeness (QED) is 0.699. The van der Waals surface area contributed by atoms with Crippen molar-refractivity contribution in [2.45, 2.75) is 22.6 Å². The smallest absolute Gasteiger partial charge is 0.0847 e. The lowest BCUT2D eigenvalue weighted by atomic mass is 9.90. The Hall–Kier alpha value is -1.66. The highest BCUT2D eigenvalue weighted by Crippen LogP contribution is 2.46. The molecule has 0 bridgehead atoms. The summed E-state index contributed by atoms with van der Waals surface area (Å²) in [5.74, 6) is 0. The van der Waals surface area contributed by atoms with Crippen LogP contribution in [0.25, 0.3) is 5.57 Å². The van der Waals surface area contributed by atoms with Crippen LogP contribution in [0, 0.1) is 0 Å². The normalized spacial score (nSPS) is 17.1. The molecule has 0 saturated carbocycles. The molecule has 0 aliphatic carbocycles. The summed E-state index contributed by atoms with van der Waals surface area (Å²) in [5, 5.41) is 8.79. The van der Waals surface area contributed by atoms with Gasteiger partial charge in [-0.3, -0.25) is 4.98 Å². The van der Waals surface area contributed by atoms with Gasteiger partial charge in [0.25, 0.3) is 0 Å². The van der Waals surface area contributed by atoms with Gasteiger partial charge in [0.15, 0.2) is 0 Å². The number of aliphatic hydroxyl groups is 1. The molecular formula is C21H24N2O2S. The van der Waals surface area contributed by atoms with Crippen LogP contribution in [0.3, 0.4) is 0 Å². The lowest BCUT2D eigenvalue weighted by Gasteiger charge is -2.31. The molecule has 3 heterocycles. The average molecular weight is 369 g/mol. The SMILES string of the molecule is OCCOCCN1CCC(=C2c3ccccc3Sc3cccnc32)CC1. The van der Waals surface area contributed by atoms with Gasteiger partial charge >= 0.3 is 0 Å². The first-order valence-electron chi connectivity index (χ1n) is 9.22. The maximum absolute atomic E-state index is 8.79. The second-order valence-corrected chi connectivity index (χ2v) is 7.69. The second kappa shape index (κ2) is 8.35. The van der Waals surface area contributed by atoms with Gasteiger partial charge in [-0.15, -0.1) is 0 Å². The third-order valence-corrected chi connectivity index (χ3v) is 6.11. The van der Waals surface area contributed by atoms with Crippen molar-refractivity contribution in [3.8, 4) is 0 Å². The van der Waals surface area contributed by atoms with E-state index in [9.17, 15) is 0 Å². The minimum atomic E-state index is 0.0973. The molecule has 1 N–H and O–H groups in total. The summed E-state index contributed by atoms with van der Waals surface area (Å²) in [7, 11) is 0. The highest BCUT2D eigenvalue weighted by molar-refractivity contribution is 7.99. The van der Waals surface area contributed by atoms with E-state index in [0.29, 0.717) is 13.2 Å². The molecule has 136 valence electrons. The summed E-state index contributed by atoms with van der Waals surface area (Å²) >= 11 is 1.82. The molecule has 0 radical (unpaired) electrons. The molecule has 1 aromatic heterocycles. The zero-order chi connectivity index (χ0) is 17.8. The van der Waals surface area contributed by atoms with Gasteiger partial charge < -0.3 is 14.7 Å². The fourth-order valence-corrected chi connectivity index (χ4v) is 4.75. The molecule has 1 saturated heterocycles. The highest BCUT2D eigenvalue weighted by atomic mass is 32.2. The third-order valence-electron chi connectivity index (χ3n) is 4.98. The zero-order valence-corrected chi connectivity index (χ0v) is 15.7. The Morgan fingerprint density at radius 2 is 1.85 bits per heavy atom. The lowest BCUT2D eigenvalue weighted by Crippen LogP contribution is -2.34. The third kappa shape index (κ3) is 3.71. The topological polar surface area (TPSA) is 45.6 Å². The van der Waals surface area contributed by atoms with E-state index < -0.39 is 0 Å². The number of piperidine rings is 1. The summed E-state index contributed by atoms with van der Waals surface area (Å²) < 4.78 is 5.41. The number of hydrogen-bond acceptors (Lipinski definition) is 5. The Morgan fingerprint density at radius 3 is 2.69 bits per heavy atom. The van der Waals surface area contributed by atoms with Crippen LogP contribution in [-0.2, 0) is 4.74 Å². The fraction of sp³-hybridized carbons (Fsp3) is 0.381. The number of fused-ring (bicyclic) bond motifs is 2. The molecule has 0 unspecified atom stereocenters. The van der Waals surface area contributed by atoms with Crippen molar-refractivity contribution in [3.63, 3.8) is 0 Å². The van der Waals surface area contributed by atoms with Gasteiger partial charge in [-0.1, -0.05) is 35.5 Å². The van der Waals surface area contributed by atoms with Crippen molar-refractivity contribution >= 4 is 17.3 Å². The second-order valence-electron chi connectivity index (χ2n) is 6.60. The fourth-order valence-electron chi connectivity index (χ4n) is 3.68. The van der Waals surface area contributed by atoms with Crippen molar-refractivity contribution in [1.29, 1.82) is 0 Å². The molecule has 1 aromatic carbocycles. The van der Waals surface area contributed by atoms with Gasteiger partial charge in [-0.05, 0) is 36.6 Å². The molecular weight excluding hydrogens is 344 g/mol. The summed E-state index contributed by atoms with van der Waals surface area (Å²) in [4.78, 5) is 9.76. The Kier molecular flexibility index (Phi) is 5.70. The molecule has 4 nitrogen and oxygen atoms in total. The van der Waals surface area contributed by atoms with Crippen molar-refractivity contribution in [2.75, 3.05) is 39.5 Å². The summed E-state index contributed by atoms with van der Waals surface area (Å²) in [5.41, 5.74) is 5.35. The zero-order valence-electron chi connectivity index (χ0n) is 14.9. The minimum absolute atomic E-state index is 0.0973. The molecule has 0 amide bonds. The number of rotatable bonds is 5. The van der Waals surface area contributed by atoms with E-state index in [-0.39, 0.29) is 6.61 Å². The van der Waals surface area contributed by atoms with Gasteiger partial charge in [0.2, 0.25) is 0 Å². The van der Waals surface area contributed by atoms with Crippen LogP contribution in [-0.4, -0.2) is 54.4 Å². The van der Waals surface area contributed by atoms with E-state index in [1.54, 1.807) is 0 Å². The number of ether oxygens (including phenoxy) is 1. The molecule has 4 rings (SSSR count). The van der Waals surface area contributed by atoms with Crippen LogP contribution in [0.1, 0.15) is 24.1 Å². The number of aromatic nitrogens is 1. The predicted molar refractivity (Wildman–Crippen MR) is 104 cm³/mol. The monoisotopic (exact) mass is 368 g/mol. The van der Waals surface area contributed by atoms with Crippen molar-refractivity contribution in [1.82, 2.24) is 9.88 Å². The van der Waals surface area contributed by atoms with E-state index in [1.165, 1.54) is 26.5 Å². The van der Waals surface area contributed by atoms with Crippen LogP contribution >= 0.6 is 11.8 Å². The summed E-state index contributed by atoms with van der Waals surface area (Å²) in [6, 6.07) is 12.9. The molecule has 2 aliphatic heterocycles. The molecule has 0 spiro atoms. The Balaban J connectivity index is 1.56. The Morgan fingerprint density at radius 1 is 1.04 bits per heavy atom. The number of pyridine rings is 1. The van der Waals surface area contributed by atoms with Crippen molar-refractivity contribution in [2.24, 2.45) is 0 Å². The molecule has 1 fully saturated rings. The van der Waals surface area contributed by atoms with E-state index in [0.717, 1.165) is 38.2 Å². The summed E-state index contributed by atoms with van der Waals surface area (Å²) in [6.45, 7) is 4.26. The van der Waals surface area contributed by atoms with Gasteiger partial charge in [-0.2, -0.15) is 0 Å². The van der Waals surface area contributed by atoms with E-state index in [1.807, 2.05) is 24.0 Å². The molecule has 2 aromatic rings. The van der Waals surface area contributed by atoms with Crippen LogP contribution in [0.2, 0.25) is 0 Å². The first-order valence-corrected chi connectivity index (χ1v) is 10.0. The number of aliphatic hydroxyl groups excluding tert-OH is 1. The largest absolute Gasteiger partial charge is 0.394 e. The number of nitrogens with zero attached hydrogens (tertiary/aromatic N) is 2. The highest BCUT2D eigenvalue weighted by Gasteiger charge is 2.26. The first kappa shape index (κ1) is 17.7. The number of likely N-dealkylation sites (tertiary alicyclic amines) is 1. The lowest BCUT2D eigenvalue weighted by molar-refractivity contribution is 0.0720. The molecule has 2 aliphatic rings. The number of benzene rings is 1. The van der Waals surface area contributed by atoms with Gasteiger partial charge in [0.1, 0.15) is 0 Å². The van der Waals surface area contributed by atoms with Crippen LogP contribution in [0.4, 0.5) is 0 Å². The first-order chi connectivity index (χ1) is 12.9. The van der Waals surface area contributed by atoms with E-state index >= 15 is 0 Å². The van der Waals surface area contributed by atoms with E-state index in [2.05, 4.69) is 35.2 Å². The van der Waals surface area contributed by atoms with Crippen LogP contribution < -0.4 is 0 Å². The molecule has 0 atom stereocenters. The maximum atomic E-state index is 8.79. The average Bonchev–Trinajstić information content (AvgIpc) is 2.70.